The van der Waals surface area contributed by atoms with E-state index < -0.39 is 0 Å². The lowest BCUT2D eigenvalue weighted by Crippen LogP contribution is -1.85. The van der Waals surface area contributed by atoms with E-state index >= 15 is 0 Å². The highest BCUT2D eigenvalue weighted by Crippen LogP contribution is 1.92. The predicted molar refractivity (Wildman–Crippen MR) is 31.8 cm³/mol. The Kier molecular flexibility index (Phi) is 0.773. The standard InChI is InChI=1S/C6H4N3/c1-3-7-6-2-4-8-9(6)5-1/h1,3-5H. The lowest BCUT2D eigenvalue weighted by molar-refractivity contribution is 0.939. The van der Waals surface area contributed by atoms with Crippen LogP contribution in [0, 0.1) is 6.07 Å². The van der Waals surface area contributed by atoms with Gasteiger partial charge >= 0.3 is 0 Å². The largest absolute Gasteiger partial charge is 0.236 e. The fourth-order valence-corrected chi connectivity index (χ4v) is 0.709. The molecule has 2 aromatic rings. The smallest absolute Gasteiger partial charge is 0.162 e. The van der Waals surface area contributed by atoms with Gasteiger partial charge in [0.25, 0.3) is 0 Å². The molecule has 2 rings (SSSR count). The van der Waals surface area contributed by atoms with Crippen LogP contribution in [0.1, 0.15) is 0 Å². The molecule has 0 spiro atoms. The summed E-state index contributed by atoms with van der Waals surface area (Å²) in [5, 5.41) is 3.92. The van der Waals surface area contributed by atoms with Crippen molar-refractivity contribution in [1.82, 2.24) is 14.6 Å². The molecule has 0 fully saturated rings. The van der Waals surface area contributed by atoms with E-state index in [1.807, 2.05) is 12.3 Å². The van der Waals surface area contributed by atoms with Crippen LogP contribution in [0.25, 0.3) is 5.65 Å². The molecule has 2 aromatic heterocycles. The molecule has 0 aliphatic rings. The highest BCUT2D eigenvalue weighted by molar-refractivity contribution is 5.32. The molecular weight excluding hydrogens is 114 g/mol. The molecule has 0 aliphatic carbocycles. The van der Waals surface area contributed by atoms with Crippen molar-refractivity contribution in [1.29, 1.82) is 0 Å². The monoisotopic (exact) mass is 118 g/mol. The lowest BCUT2D eigenvalue weighted by Gasteiger charge is -1.85. The Labute approximate surface area is 52.0 Å². The van der Waals surface area contributed by atoms with Crippen LogP contribution in [-0.2, 0) is 0 Å². The highest BCUT2D eigenvalue weighted by atomic mass is 15.2. The summed E-state index contributed by atoms with van der Waals surface area (Å²) in [5.41, 5.74) is 0.762. The molecule has 0 saturated carbocycles. The number of hydrogen-bond acceptors (Lipinski definition) is 2. The van der Waals surface area contributed by atoms with Crippen molar-refractivity contribution in [3.63, 3.8) is 0 Å². The summed E-state index contributed by atoms with van der Waals surface area (Å²) in [5.74, 6) is 0. The Morgan fingerprint density at radius 3 is 3.44 bits per heavy atom. The Hall–Kier alpha value is -1.38. The average Bonchev–Trinajstić information content (AvgIpc) is 2.33. The molecule has 43 valence electrons. The number of rotatable bonds is 0. The van der Waals surface area contributed by atoms with Gasteiger partial charge in [-0.25, -0.2) is 9.50 Å². The molecule has 0 bridgehead atoms. The SMILES string of the molecule is [c]1cnn2cccnc12. The second kappa shape index (κ2) is 1.55. The predicted octanol–water partition coefficient (Wildman–Crippen LogP) is 0.529. The molecule has 0 aromatic carbocycles. The van der Waals surface area contributed by atoms with E-state index in [1.165, 1.54) is 0 Å². The van der Waals surface area contributed by atoms with Crippen molar-refractivity contribution in [2.45, 2.75) is 0 Å². The summed E-state index contributed by atoms with van der Waals surface area (Å²) in [6.45, 7) is 0. The summed E-state index contributed by atoms with van der Waals surface area (Å²) in [6, 6.07) is 4.69. The number of fused-ring (bicyclic) bond motifs is 1. The van der Waals surface area contributed by atoms with Gasteiger partial charge in [0, 0.05) is 12.4 Å². The van der Waals surface area contributed by atoms with Crippen LogP contribution in [-0.4, -0.2) is 14.6 Å². The van der Waals surface area contributed by atoms with E-state index in [0.717, 1.165) is 5.65 Å². The molecule has 9 heavy (non-hydrogen) atoms. The first-order chi connectivity index (χ1) is 4.47. The van der Waals surface area contributed by atoms with Crippen molar-refractivity contribution < 1.29 is 0 Å². The summed E-state index contributed by atoms with van der Waals surface area (Å²) < 4.78 is 1.67. The lowest BCUT2D eigenvalue weighted by atomic mass is 10.6. The Morgan fingerprint density at radius 1 is 1.56 bits per heavy atom. The van der Waals surface area contributed by atoms with Gasteiger partial charge < -0.3 is 0 Å². The van der Waals surface area contributed by atoms with Crippen LogP contribution in [0.2, 0.25) is 0 Å². The molecule has 0 N–H and O–H groups in total. The third-order valence-corrected chi connectivity index (χ3v) is 1.10. The van der Waals surface area contributed by atoms with E-state index in [9.17, 15) is 0 Å². The number of aromatic nitrogens is 3. The van der Waals surface area contributed by atoms with Crippen molar-refractivity contribution >= 4 is 5.65 Å². The van der Waals surface area contributed by atoms with Gasteiger partial charge in [-0.15, -0.1) is 0 Å². The molecule has 0 amide bonds. The fraction of sp³-hybridized carbons (Fsp3) is 0. The quantitative estimate of drug-likeness (QED) is 0.505. The first-order valence-electron chi connectivity index (χ1n) is 2.63. The second-order valence-corrected chi connectivity index (χ2v) is 1.68. The number of nitrogens with zero attached hydrogens (tertiary/aromatic N) is 3. The van der Waals surface area contributed by atoms with Crippen molar-refractivity contribution in [2.75, 3.05) is 0 Å². The molecule has 0 saturated heterocycles. The average molecular weight is 118 g/mol. The van der Waals surface area contributed by atoms with Gasteiger partial charge in [-0.3, -0.25) is 0 Å². The van der Waals surface area contributed by atoms with E-state index in [0.29, 0.717) is 0 Å². The summed E-state index contributed by atoms with van der Waals surface area (Å²) >= 11 is 0. The van der Waals surface area contributed by atoms with Gasteiger partial charge in [0.05, 0.1) is 12.3 Å². The van der Waals surface area contributed by atoms with E-state index in [4.69, 9.17) is 0 Å². The van der Waals surface area contributed by atoms with Gasteiger partial charge in [-0.1, -0.05) is 0 Å². The van der Waals surface area contributed by atoms with Crippen LogP contribution >= 0.6 is 0 Å². The Bertz CT molecular complexity index is 282. The zero-order chi connectivity index (χ0) is 6.10. The summed E-state index contributed by atoms with van der Waals surface area (Å²) in [7, 11) is 0. The Balaban J connectivity index is 2.95. The minimum absolute atomic E-state index is 0.762. The van der Waals surface area contributed by atoms with Crippen LogP contribution < -0.4 is 0 Å². The van der Waals surface area contributed by atoms with Crippen LogP contribution in [0.3, 0.4) is 0 Å². The minimum Gasteiger partial charge on any atom is -0.236 e. The molecule has 3 heteroatoms. The molecule has 0 unspecified atom stereocenters. The zero-order valence-electron chi connectivity index (χ0n) is 4.65. The minimum atomic E-state index is 0.762. The normalized spacial score (nSPS) is 10.2. The van der Waals surface area contributed by atoms with Crippen LogP contribution in [0.5, 0.6) is 0 Å². The highest BCUT2D eigenvalue weighted by Gasteiger charge is 1.87. The first kappa shape index (κ1) is 4.49. The molecular formula is C6H4N3. The maximum atomic E-state index is 3.99. The van der Waals surface area contributed by atoms with Crippen molar-refractivity contribution in [3.05, 3.63) is 30.7 Å². The molecule has 3 nitrogen and oxygen atoms in total. The maximum Gasteiger partial charge on any atom is 0.162 e. The van der Waals surface area contributed by atoms with Crippen molar-refractivity contribution in [3.8, 4) is 0 Å². The molecule has 0 atom stereocenters. The van der Waals surface area contributed by atoms with E-state index in [-0.39, 0.29) is 0 Å². The topological polar surface area (TPSA) is 30.2 Å². The molecule has 0 aliphatic heterocycles. The van der Waals surface area contributed by atoms with Gasteiger partial charge in [0.2, 0.25) is 0 Å². The van der Waals surface area contributed by atoms with E-state index in [1.54, 1.807) is 16.9 Å². The summed E-state index contributed by atoms with van der Waals surface area (Å²) in [6.07, 6.45) is 5.15. The fourth-order valence-electron chi connectivity index (χ4n) is 0.709. The van der Waals surface area contributed by atoms with Gasteiger partial charge in [-0.2, -0.15) is 5.10 Å². The zero-order valence-corrected chi connectivity index (χ0v) is 4.65. The molecule has 2 heterocycles. The second-order valence-electron chi connectivity index (χ2n) is 1.68. The third kappa shape index (κ3) is 0.579. The van der Waals surface area contributed by atoms with Crippen molar-refractivity contribution in [2.24, 2.45) is 0 Å². The van der Waals surface area contributed by atoms with Crippen LogP contribution in [0.15, 0.2) is 24.7 Å². The summed E-state index contributed by atoms with van der Waals surface area (Å²) in [4.78, 5) is 3.99. The van der Waals surface area contributed by atoms with Gasteiger partial charge in [0.15, 0.2) is 5.65 Å². The number of hydrogen-bond donors (Lipinski definition) is 0. The third-order valence-electron chi connectivity index (χ3n) is 1.10. The van der Waals surface area contributed by atoms with Gasteiger partial charge in [0.1, 0.15) is 0 Å². The first-order valence-corrected chi connectivity index (χ1v) is 2.63. The maximum absolute atomic E-state index is 3.99. The van der Waals surface area contributed by atoms with Gasteiger partial charge in [-0.05, 0) is 6.07 Å². The Morgan fingerprint density at radius 2 is 2.56 bits per heavy atom. The van der Waals surface area contributed by atoms with E-state index in [2.05, 4.69) is 16.1 Å². The van der Waals surface area contributed by atoms with Crippen LogP contribution in [0.4, 0.5) is 0 Å². The molecule has 1 radical (unpaired) electrons.